The number of nitrogens with one attached hydrogen (secondary N) is 2. The summed E-state index contributed by atoms with van der Waals surface area (Å²) in [6.45, 7) is 4.65. The summed E-state index contributed by atoms with van der Waals surface area (Å²) < 4.78 is 0. The van der Waals surface area contributed by atoms with Crippen LogP contribution >= 0.6 is 0 Å². The fourth-order valence-electron chi connectivity index (χ4n) is 3.17. The second kappa shape index (κ2) is 9.34. The van der Waals surface area contributed by atoms with E-state index in [9.17, 15) is 4.79 Å². The van der Waals surface area contributed by atoms with Gasteiger partial charge >= 0.3 is 0 Å². The molecule has 1 aromatic carbocycles. The van der Waals surface area contributed by atoms with Crippen LogP contribution in [-0.2, 0) is 6.54 Å². The smallest absolute Gasteiger partial charge is 0.251 e. The molecule has 0 saturated carbocycles. The summed E-state index contributed by atoms with van der Waals surface area (Å²) in [6.07, 6.45) is 3.68. The van der Waals surface area contributed by atoms with Crippen molar-refractivity contribution in [1.82, 2.24) is 25.3 Å². The summed E-state index contributed by atoms with van der Waals surface area (Å²) in [6, 6.07) is 7.67. The molecule has 30 heavy (non-hydrogen) atoms. The average molecular weight is 409 g/mol. The van der Waals surface area contributed by atoms with Crippen molar-refractivity contribution in [2.45, 2.75) is 39.3 Å². The van der Waals surface area contributed by atoms with Gasteiger partial charge in [-0.25, -0.2) is 9.97 Å². The first-order chi connectivity index (χ1) is 14.4. The molecule has 0 radical (unpaired) electrons. The molecule has 0 spiro atoms. The van der Waals surface area contributed by atoms with Gasteiger partial charge < -0.3 is 21.3 Å². The van der Waals surface area contributed by atoms with E-state index in [1.807, 2.05) is 43.1 Å². The Kier molecular flexibility index (Phi) is 6.61. The largest absolute Gasteiger partial charge is 0.382 e. The minimum atomic E-state index is -0.0537. The Bertz CT molecular complexity index is 1020. The standard InChI is InChI=1S/C21H28N8O/c1-5-6-13(2)25-20(30)14-7-9-16(10-8-14)29(4)12-15-11-24-19-17(26-15)18(22)27-21(23-3)28-19/h7-11,13H,5-6,12H2,1-4H3,(H,25,30)(H3,22,23,24,27,28). The molecule has 1 unspecified atom stereocenters. The second-order valence-corrected chi connectivity index (χ2v) is 7.28. The summed E-state index contributed by atoms with van der Waals surface area (Å²) >= 11 is 0. The van der Waals surface area contributed by atoms with Crippen LogP contribution in [0.15, 0.2) is 30.5 Å². The molecule has 158 valence electrons. The molecule has 2 heterocycles. The van der Waals surface area contributed by atoms with Crippen LogP contribution in [0.3, 0.4) is 0 Å². The topological polar surface area (TPSA) is 122 Å². The molecule has 0 fully saturated rings. The minimum Gasteiger partial charge on any atom is -0.382 e. The number of fused-ring (bicyclic) bond motifs is 1. The van der Waals surface area contributed by atoms with Gasteiger partial charge in [0.25, 0.3) is 5.91 Å². The number of hydrogen-bond donors (Lipinski definition) is 3. The van der Waals surface area contributed by atoms with E-state index in [0.29, 0.717) is 29.2 Å². The van der Waals surface area contributed by atoms with E-state index >= 15 is 0 Å². The Labute approximate surface area is 176 Å². The van der Waals surface area contributed by atoms with Gasteiger partial charge in [0.05, 0.1) is 18.4 Å². The monoisotopic (exact) mass is 408 g/mol. The number of aromatic nitrogens is 4. The molecule has 0 saturated heterocycles. The lowest BCUT2D eigenvalue weighted by molar-refractivity contribution is 0.0938. The maximum absolute atomic E-state index is 12.3. The van der Waals surface area contributed by atoms with Gasteiger partial charge in [-0.05, 0) is 37.6 Å². The Morgan fingerprint density at radius 3 is 2.60 bits per heavy atom. The minimum absolute atomic E-state index is 0.0537. The van der Waals surface area contributed by atoms with Crippen LogP contribution < -0.4 is 21.3 Å². The third-order valence-corrected chi connectivity index (χ3v) is 4.78. The Hall–Kier alpha value is -3.49. The number of carbonyl (C=O) groups is 1. The zero-order valence-corrected chi connectivity index (χ0v) is 17.8. The molecule has 2 aromatic heterocycles. The third-order valence-electron chi connectivity index (χ3n) is 4.78. The highest BCUT2D eigenvalue weighted by Crippen LogP contribution is 2.19. The van der Waals surface area contributed by atoms with Crippen molar-refractivity contribution in [2.24, 2.45) is 0 Å². The summed E-state index contributed by atoms with van der Waals surface area (Å²) in [7, 11) is 3.67. The number of anilines is 3. The average Bonchev–Trinajstić information content (AvgIpc) is 2.74. The number of hydrogen-bond acceptors (Lipinski definition) is 8. The predicted octanol–water partition coefficient (Wildman–Crippen LogP) is 2.60. The molecule has 1 amide bonds. The summed E-state index contributed by atoms with van der Waals surface area (Å²) in [5, 5.41) is 5.87. The number of amides is 1. The van der Waals surface area contributed by atoms with E-state index in [-0.39, 0.29) is 17.8 Å². The van der Waals surface area contributed by atoms with E-state index in [0.717, 1.165) is 24.2 Å². The molecule has 9 heteroatoms. The molecule has 3 rings (SSSR count). The van der Waals surface area contributed by atoms with Crippen molar-refractivity contribution in [3.8, 4) is 0 Å². The van der Waals surface area contributed by atoms with Crippen LogP contribution in [0.5, 0.6) is 0 Å². The van der Waals surface area contributed by atoms with Crippen molar-refractivity contribution < 1.29 is 4.79 Å². The van der Waals surface area contributed by atoms with Crippen molar-refractivity contribution in [2.75, 3.05) is 30.0 Å². The zero-order valence-electron chi connectivity index (χ0n) is 17.8. The number of nitrogens with two attached hydrogens (primary N) is 1. The zero-order chi connectivity index (χ0) is 21.7. The molecular weight excluding hydrogens is 380 g/mol. The number of rotatable bonds is 8. The molecule has 0 bridgehead atoms. The number of benzene rings is 1. The number of nitrogen functional groups attached to an aromatic ring is 1. The first-order valence-electron chi connectivity index (χ1n) is 10.00. The molecule has 9 nitrogen and oxygen atoms in total. The van der Waals surface area contributed by atoms with E-state index in [4.69, 9.17) is 5.73 Å². The van der Waals surface area contributed by atoms with E-state index in [1.165, 1.54) is 0 Å². The van der Waals surface area contributed by atoms with Gasteiger partial charge in [0.2, 0.25) is 5.95 Å². The van der Waals surface area contributed by atoms with Crippen LogP contribution in [0.2, 0.25) is 0 Å². The SMILES string of the molecule is CCCC(C)NC(=O)c1ccc(N(C)Cc2cnc3nc(NC)nc(N)c3n2)cc1. The van der Waals surface area contributed by atoms with Gasteiger partial charge in [0.1, 0.15) is 0 Å². The highest BCUT2D eigenvalue weighted by atomic mass is 16.1. The first-order valence-corrected chi connectivity index (χ1v) is 10.00. The highest BCUT2D eigenvalue weighted by Gasteiger charge is 2.12. The van der Waals surface area contributed by atoms with Crippen LogP contribution in [-0.4, -0.2) is 46.0 Å². The van der Waals surface area contributed by atoms with Crippen LogP contribution in [0, 0.1) is 0 Å². The van der Waals surface area contributed by atoms with Crippen LogP contribution in [0.1, 0.15) is 42.7 Å². The third kappa shape index (κ3) is 4.91. The molecular formula is C21H28N8O. The lowest BCUT2D eigenvalue weighted by atomic mass is 10.1. The normalized spacial score (nSPS) is 11.9. The van der Waals surface area contributed by atoms with Crippen molar-refractivity contribution in [1.29, 1.82) is 0 Å². The van der Waals surface area contributed by atoms with Crippen LogP contribution in [0.25, 0.3) is 11.2 Å². The van der Waals surface area contributed by atoms with E-state index < -0.39 is 0 Å². The molecule has 0 aliphatic heterocycles. The van der Waals surface area contributed by atoms with Gasteiger partial charge in [-0.2, -0.15) is 9.97 Å². The fourth-order valence-corrected chi connectivity index (χ4v) is 3.17. The lowest BCUT2D eigenvalue weighted by Crippen LogP contribution is -2.32. The Morgan fingerprint density at radius 2 is 1.93 bits per heavy atom. The van der Waals surface area contributed by atoms with Crippen molar-refractivity contribution in [3.05, 3.63) is 41.7 Å². The summed E-state index contributed by atoms with van der Waals surface area (Å²) in [4.78, 5) is 31.7. The molecule has 3 aromatic rings. The molecule has 1 atom stereocenters. The fraction of sp³-hybridized carbons (Fsp3) is 0.381. The van der Waals surface area contributed by atoms with Crippen molar-refractivity contribution >= 4 is 34.5 Å². The Morgan fingerprint density at radius 1 is 1.20 bits per heavy atom. The maximum atomic E-state index is 12.3. The maximum Gasteiger partial charge on any atom is 0.251 e. The summed E-state index contributed by atoms with van der Waals surface area (Å²) in [5.41, 5.74) is 9.28. The quantitative estimate of drug-likeness (QED) is 0.520. The first kappa shape index (κ1) is 21.2. The van der Waals surface area contributed by atoms with Gasteiger partial charge in [0.15, 0.2) is 17.0 Å². The second-order valence-electron chi connectivity index (χ2n) is 7.28. The van der Waals surface area contributed by atoms with Crippen LogP contribution in [0.4, 0.5) is 17.5 Å². The highest BCUT2D eigenvalue weighted by molar-refractivity contribution is 5.94. The van der Waals surface area contributed by atoms with Gasteiger partial charge in [0, 0.05) is 31.4 Å². The van der Waals surface area contributed by atoms with E-state index in [2.05, 4.69) is 37.5 Å². The predicted molar refractivity (Wildman–Crippen MR) is 119 cm³/mol. The van der Waals surface area contributed by atoms with Crippen molar-refractivity contribution in [3.63, 3.8) is 0 Å². The lowest BCUT2D eigenvalue weighted by Gasteiger charge is -2.19. The Balaban J connectivity index is 1.70. The molecule has 0 aliphatic carbocycles. The van der Waals surface area contributed by atoms with Gasteiger partial charge in [-0.15, -0.1) is 0 Å². The number of nitrogens with zero attached hydrogens (tertiary/aromatic N) is 5. The summed E-state index contributed by atoms with van der Waals surface area (Å²) in [5.74, 6) is 0.642. The van der Waals surface area contributed by atoms with Gasteiger partial charge in [-0.1, -0.05) is 13.3 Å². The van der Waals surface area contributed by atoms with E-state index in [1.54, 1.807) is 13.2 Å². The number of carbonyl (C=O) groups excluding carboxylic acids is 1. The van der Waals surface area contributed by atoms with Gasteiger partial charge in [-0.3, -0.25) is 4.79 Å². The molecule has 4 N–H and O–H groups in total. The molecule has 0 aliphatic rings.